The number of nitrogens with two attached hydrogens (primary N) is 1. The standard InChI is InChI=1S/C13H26N4O/c1-5-6-17-10-15-8-13(17)12(7-14)16(3)11(2)9-18-4/h8,10-12H,5-7,9,14H2,1-4H3. The summed E-state index contributed by atoms with van der Waals surface area (Å²) in [5, 5.41) is 0. The van der Waals surface area contributed by atoms with E-state index in [0.717, 1.165) is 13.0 Å². The monoisotopic (exact) mass is 254 g/mol. The van der Waals surface area contributed by atoms with Gasteiger partial charge >= 0.3 is 0 Å². The van der Waals surface area contributed by atoms with Crippen LogP contribution in [0.15, 0.2) is 12.5 Å². The highest BCUT2D eigenvalue weighted by Gasteiger charge is 2.22. The fraction of sp³-hybridized carbons (Fsp3) is 0.769. The van der Waals surface area contributed by atoms with E-state index in [9.17, 15) is 0 Å². The molecule has 2 unspecified atom stereocenters. The molecule has 0 aliphatic carbocycles. The van der Waals surface area contributed by atoms with Crippen molar-refractivity contribution in [2.24, 2.45) is 5.73 Å². The molecule has 1 rings (SSSR count). The highest BCUT2D eigenvalue weighted by Crippen LogP contribution is 2.20. The molecule has 0 fully saturated rings. The van der Waals surface area contributed by atoms with Crippen LogP contribution in [-0.4, -0.2) is 47.8 Å². The average molecular weight is 254 g/mol. The van der Waals surface area contributed by atoms with E-state index in [1.165, 1.54) is 5.69 Å². The third kappa shape index (κ3) is 3.54. The minimum Gasteiger partial charge on any atom is -0.383 e. The molecule has 0 aromatic carbocycles. The van der Waals surface area contributed by atoms with Gasteiger partial charge in [0, 0.05) is 32.4 Å². The summed E-state index contributed by atoms with van der Waals surface area (Å²) in [6.45, 7) is 6.58. The number of ether oxygens (including phenoxy) is 1. The maximum absolute atomic E-state index is 5.94. The Hall–Kier alpha value is -0.910. The highest BCUT2D eigenvalue weighted by molar-refractivity contribution is 5.07. The van der Waals surface area contributed by atoms with Gasteiger partial charge in [-0.1, -0.05) is 6.92 Å². The summed E-state index contributed by atoms with van der Waals surface area (Å²) in [6, 6.07) is 0.512. The minimum atomic E-state index is 0.184. The van der Waals surface area contributed by atoms with Crippen molar-refractivity contribution in [1.82, 2.24) is 14.5 Å². The summed E-state index contributed by atoms with van der Waals surface area (Å²) in [5.74, 6) is 0. The molecule has 1 aromatic rings. The Morgan fingerprint density at radius 1 is 1.56 bits per heavy atom. The molecule has 2 N–H and O–H groups in total. The topological polar surface area (TPSA) is 56.3 Å². The summed E-state index contributed by atoms with van der Waals surface area (Å²) in [6.07, 6.45) is 4.90. The van der Waals surface area contributed by atoms with Gasteiger partial charge in [-0.05, 0) is 20.4 Å². The molecule has 2 atom stereocenters. The molecular formula is C13H26N4O. The molecule has 5 nitrogen and oxygen atoms in total. The second kappa shape index (κ2) is 7.51. The van der Waals surface area contributed by atoms with Gasteiger partial charge in [0.05, 0.1) is 24.7 Å². The van der Waals surface area contributed by atoms with Crippen molar-refractivity contribution in [3.63, 3.8) is 0 Å². The van der Waals surface area contributed by atoms with E-state index >= 15 is 0 Å². The predicted molar refractivity (Wildman–Crippen MR) is 73.4 cm³/mol. The number of aryl methyl sites for hydroxylation is 1. The Labute approximate surface area is 110 Å². The van der Waals surface area contributed by atoms with Crippen LogP contribution in [0.3, 0.4) is 0 Å². The molecule has 0 aliphatic rings. The van der Waals surface area contributed by atoms with E-state index < -0.39 is 0 Å². The van der Waals surface area contributed by atoms with Crippen LogP contribution in [0.1, 0.15) is 32.0 Å². The number of aromatic nitrogens is 2. The maximum Gasteiger partial charge on any atom is 0.0948 e. The molecule has 104 valence electrons. The Kier molecular flexibility index (Phi) is 6.32. The quantitative estimate of drug-likeness (QED) is 0.759. The van der Waals surface area contributed by atoms with Crippen molar-refractivity contribution in [3.05, 3.63) is 18.2 Å². The van der Waals surface area contributed by atoms with Gasteiger partial charge in [0.1, 0.15) is 0 Å². The van der Waals surface area contributed by atoms with E-state index in [2.05, 4.69) is 35.3 Å². The van der Waals surface area contributed by atoms with Gasteiger partial charge in [0.25, 0.3) is 0 Å². The number of imidazole rings is 1. The number of methoxy groups -OCH3 is 1. The lowest BCUT2D eigenvalue weighted by Crippen LogP contribution is -2.40. The van der Waals surface area contributed by atoms with Gasteiger partial charge in [0.2, 0.25) is 0 Å². The molecule has 0 amide bonds. The number of nitrogens with zero attached hydrogens (tertiary/aromatic N) is 3. The maximum atomic E-state index is 5.94. The Balaban J connectivity index is 2.84. The zero-order valence-corrected chi connectivity index (χ0v) is 12.0. The lowest BCUT2D eigenvalue weighted by atomic mass is 10.1. The Morgan fingerprint density at radius 2 is 2.28 bits per heavy atom. The summed E-state index contributed by atoms with van der Waals surface area (Å²) >= 11 is 0. The fourth-order valence-electron chi connectivity index (χ4n) is 2.20. The smallest absolute Gasteiger partial charge is 0.0948 e. The van der Waals surface area contributed by atoms with E-state index in [1.807, 2.05) is 12.5 Å². The molecule has 1 aromatic heterocycles. The van der Waals surface area contributed by atoms with E-state index in [0.29, 0.717) is 19.2 Å². The molecule has 0 bridgehead atoms. The van der Waals surface area contributed by atoms with Crippen molar-refractivity contribution in [2.75, 3.05) is 27.3 Å². The van der Waals surface area contributed by atoms with Gasteiger partial charge in [-0.3, -0.25) is 4.90 Å². The van der Waals surface area contributed by atoms with Gasteiger partial charge < -0.3 is 15.0 Å². The Morgan fingerprint density at radius 3 is 2.83 bits per heavy atom. The van der Waals surface area contributed by atoms with E-state index in [4.69, 9.17) is 10.5 Å². The van der Waals surface area contributed by atoms with Crippen LogP contribution >= 0.6 is 0 Å². The lowest BCUT2D eigenvalue weighted by molar-refractivity contribution is 0.0887. The van der Waals surface area contributed by atoms with Crippen LogP contribution in [0.25, 0.3) is 0 Å². The van der Waals surface area contributed by atoms with Crippen LogP contribution in [0, 0.1) is 0 Å². The van der Waals surface area contributed by atoms with Crippen LogP contribution in [-0.2, 0) is 11.3 Å². The summed E-state index contributed by atoms with van der Waals surface area (Å²) in [5.41, 5.74) is 7.13. The van der Waals surface area contributed by atoms with Crippen molar-refractivity contribution in [2.45, 2.75) is 38.9 Å². The zero-order valence-electron chi connectivity index (χ0n) is 12.0. The number of rotatable bonds is 8. The molecule has 1 heterocycles. The molecule has 0 saturated heterocycles. The summed E-state index contributed by atoms with van der Waals surface area (Å²) in [7, 11) is 3.81. The van der Waals surface area contributed by atoms with Crippen molar-refractivity contribution < 1.29 is 4.74 Å². The minimum absolute atomic E-state index is 0.184. The first kappa shape index (κ1) is 15.1. The fourth-order valence-corrected chi connectivity index (χ4v) is 2.20. The van der Waals surface area contributed by atoms with Gasteiger partial charge in [-0.2, -0.15) is 0 Å². The van der Waals surface area contributed by atoms with Gasteiger partial charge in [-0.25, -0.2) is 4.98 Å². The molecule has 0 saturated carbocycles. The second-order valence-electron chi connectivity index (χ2n) is 4.73. The highest BCUT2D eigenvalue weighted by atomic mass is 16.5. The van der Waals surface area contributed by atoms with Crippen molar-refractivity contribution in [1.29, 1.82) is 0 Å². The Bertz CT molecular complexity index is 339. The van der Waals surface area contributed by atoms with Crippen LogP contribution < -0.4 is 5.73 Å². The molecule has 18 heavy (non-hydrogen) atoms. The first-order valence-corrected chi connectivity index (χ1v) is 6.56. The van der Waals surface area contributed by atoms with Crippen molar-refractivity contribution >= 4 is 0 Å². The normalized spacial score (nSPS) is 15.0. The van der Waals surface area contributed by atoms with Gasteiger partial charge in [-0.15, -0.1) is 0 Å². The third-order valence-electron chi connectivity index (χ3n) is 3.37. The molecular weight excluding hydrogens is 228 g/mol. The average Bonchev–Trinajstić information content (AvgIpc) is 2.79. The first-order valence-electron chi connectivity index (χ1n) is 6.56. The van der Waals surface area contributed by atoms with E-state index in [-0.39, 0.29) is 6.04 Å². The van der Waals surface area contributed by atoms with Crippen LogP contribution in [0.2, 0.25) is 0 Å². The number of likely N-dealkylation sites (N-methyl/N-ethyl adjacent to an activating group) is 1. The van der Waals surface area contributed by atoms with Crippen molar-refractivity contribution in [3.8, 4) is 0 Å². The molecule has 0 spiro atoms. The van der Waals surface area contributed by atoms with Gasteiger partial charge in [0.15, 0.2) is 0 Å². The molecule has 0 radical (unpaired) electrons. The summed E-state index contributed by atoms with van der Waals surface area (Å²) < 4.78 is 7.40. The van der Waals surface area contributed by atoms with E-state index in [1.54, 1.807) is 7.11 Å². The molecule has 5 heteroatoms. The largest absolute Gasteiger partial charge is 0.383 e. The molecule has 0 aliphatic heterocycles. The number of hydrogen-bond acceptors (Lipinski definition) is 4. The zero-order chi connectivity index (χ0) is 13.5. The number of hydrogen-bond donors (Lipinski definition) is 1. The van der Waals surface area contributed by atoms with Crippen LogP contribution in [0.4, 0.5) is 0 Å². The SMILES string of the molecule is CCCn1cncc1C(CN)N(C)C(C)COC. The lowest BCUT2D eigenvalue weighted by Gasteiger charge is -2.32. The second-order valence-corrected chi connectivity index (χ2v) is 4.73. The predicted octanol–water partition coefficient (Wildman–Crippen LogP) is 1.26. The first-order chi connectivity index (χ1) is 8.65. The third-order valence-corrected chi connectivity index (χ3v) is 3.37. The summed E-state index contributed by atoms with van der Waals surface area (Å²) in [4.78, 5) is 6.50. The van der Waals surface area contributed by atoms with Crippen LogP contribution in [0.5, 0.6) is 0 Å².